The molecule has 8 heteroatoms. The van der Waals surface area contributed by atoms with Crippen LogP contribution in [0.5, 0.6) is 0 Å². The maximum atomic E-state index is 13.8. The van der Waals surface area contributed by atoms with Crippen LogP contribution in [0.15, 0.2) is 101 Å². The Kier molecular flexibility index (Phi) is 7.07. The molecule has 1 aliphatic rings. The van der Waals surface area contributed by atoms with Gasteiger partial charge in [-0.2, -0.15) is 0 Å². The van der Waals surface area contributed by atoms with Crippen molar-refractivity contribution < 1.29 is 23.1 Å². The number of hydrogen-bond donors (Lipinski definition) is 2. The van der Waals surface area contributed by atoms with Crippen LogP contribution in [0.4, 0.5) is 0 Å². The summed E-state index contributed by atoms with van der Waals surface area (Å²) in [4.78, 5) is 13.0. The molecule has 0 saturated heterocycles. The van der Waals surface area contributed by atoms with Gasteiger partial charge in [-0.05, 0) is 42.3 Å². The number of carbonyl (C=O) groups is 1. The molecular formula is C26H24ClNO5S. The first-order valence-electron chi connectivity index (χ1n) is 10.8. The van der Waals surface area contributed by atoms with E-state index in [2.05, 4.69) is 5.32 Å². The Morgan fingerprint density at radius 3 is 2.06 bits per heavy atom. The van der Waals surface area contributed by atoms with E-state index in [4.69, 9.17) is 16.3 Å². The third kappa shape index (κ3) is 4.59. The maximum Gasteiger partial charge on any atom is 0.339 e. The molecule has 4 rings (SSSR count). The average molecular weight is 498 g/mol. The van der Waals surface area contributed by atoms with E-state index in [9.17, 15) is 18.3 Å². The lowest BCUT2D eigenvalue weighted by molar-refractivity contribution is -0.139. The zero-order valence-electron chi connectivity index (χ0n) is 18.4. The summed E-state index contributed by atoms with van der Waals surface area (Å²) in [6, 6.07) is 22.2. The second-order valence-corrected chi connectivity index (χ2v) is 10.3. The van der Waals surface area contributed by atoms with Gasteiger partial charge in [-0.1, -0.05) is 72.3 Å². The summed E-state index contributed by atoms with van der Waals surface area (Å²) in [5, 5.41) is 13.7. The molecule has 3 aromatic rings. The van der Waals surface area contributed by atoms with Crippen LogP contribution in [-0.4, -0.2) is 31.4 Å². The van der Waals surface area contributed by atoms with Gasteiger partial charge in [0, 0.05) is 5.02 Å². The van der Waals surface area contributed by atoms with Gasteiger partial charge < -0.3 is 9.84 Å². The highest BCUT2D eigenvalue weighted by Crippen LogP contribution is 2.42. The topological polar surface area (TPSA) is 92.7 Å². The van der Waals surface area contributed by atoms with E-state index in [0.29, 0.717) is 16.1 Å². The van der Waals surface area contributed by atoms with Gasteiger partial charge in [0.25, 0.3) is 0 Å². The molecule has 3 aromatic carbocycles. The molecule has 0 aromatic heterocycles. The number of esters is 1. The van der Waals surface area contributed by atoms with Crippen molar-refractivity contribution in [3.63, 3.8) is 0 Å². The standard InChI is InChI=1S/C26H24ClNO5S/c1-2-33-26(30)21-22(17-9-5-3-6-10-17)28-23(18-11-7-4-8-12-18)25(24(21)29)34(31,32)20-15-13-19(27)14-16-20/h3-16,22-23,25,28-29H,2H2,1H3/t22-,23-,25-/m0/s1. The van der Waals surface area contributed by atoms with Crippen LogP contribution in [0.3, 0.4) is 0 Å². The van der Waals surface area contributed by atoms with E-state index in [1.807, 2.05) is 24.3 Å². The predicted molar refractivity (Wildman–Crippen MR) is 130 cm³/mol. The summed E-state index contributed by atoms with van der Waals surface area (Å²) in [5.41, 5.74) is 1.23. The van der Waals surface area contributed by atoms with Gasteiger partial charge in [0.2, 0.25) is 0 Å². The van der Waals surface area contributed by atoms with Gasteiger partial charge in [-0.3, -0.25) is 5.32 Å². The summed E-state index contributed by atoms with van der Waals surface area (Å²) in [6.07, 6.45) is 0. The van der Waals surface area contributed by atoms with Crippen LogP contribution in [0.25, 0.3) is 0 Å². The van der Waals surface area contributed by atoms with Crippen LogP contribution >= 0.6 is 11.6 Å². The number of sulfone groups is 1. The highest BCUT2D eigenvalue weighted by molar-refractivity contribution is 7.92. The van der Waals surface area contributed by atoms with Gasteiger partial charge in [0.05, 0.1) is 29.2 Å². The molecule has 0 unspecified atom stereocenters. The Hall–Kier alpha value is -3.13. The fraction of sp³-hybridized carbons (Fsp3) is 0.192. The van der Waals surface area contributed by atoms with Gasteiger partial charge in [0.15, 0.2) is 9.84 Å². The summed E-state index contributed by atoms with van der Waals surface area (Å²) < 4.78 is 32.9. The van der Waals surface area contributed by atoms with Gasteiger partial charge in [-0.15, -0.1) is 0 Å². The van der Waals surface area contributed by atoms with Gasteiger partial charge in [0.1, 0.15) is 11.0 Å². The Morgan fingerprint density at radius 1 is 0.941 bits per heavy atom. The molecule has 2 N–H and O–H groups in total. The lowest BCUT2D eigenvalue weighted by Gasteiger charge is -2.38. The second kappa shape index (κ2) is 10.0. The third-order valence-electron chi connectivity index (χ3n) is 5.75. The van der Waals surface area contributed by atoms with Crippen LogP contribution in [0.1, 0.15) is 30.1 Å². The van der Waals surface area contributed by atoms with Crippen LogP contribution in [0.2, 0.25) is 5.02 Å². The van der Waals surface area contributed by atoms with Crippen molar-refractivity contribution in [3.05, 3.63) is 112 Å². The Bertz CT molecular complexity index is 1290. The lowest BCUT2D eigenvalue weighted by atomic mass is 9.88. The summed E-state index contributed by atoms with van der Waals surface area (Å²) in [5.74, 6) is -1.31. The molecular weight excluding hydrogens is 474 g/mol. The van der Waals surface area contributed by atoms with E-state index in [0.717, 1.165) is 0 Å². The summed E-state index contributed by atoms with van der Waals surface area (Å²) in [6.45, 7) is 1.73. The molecule has 1 aliphatic heterocycles. The largest absolute Gasteiger partial charge is 0.510 e. The number of aliphatic hydroxyl groups excluding tert-OH is 1. The number of ether oxygens (including phenoxy) is 1. The van der Waals surface area contributed by atoms with Crippen molar-refractivity contribution in [3.8, 4) is 0 Å². The molecule has 1 heterocycles. The number of rotatable bonds is 6. The quantitative estimate of drug-likeness (QED) is 0.468. The SMILES string of the molecule is CCOC(=O)C1=C(O)[C@@H](S(=O)(=O)c2ccc(Cl)cc2)[C@H](c2ccccc2)N[C@H]1c1ccccc1. The molecule has 0 spiro atoms. The van der Waals surface area contributed by atoms with E-state index in [1.165, 1.54) is 24.3 Å². The molecule has 0 amide bonds. The normalized spacial score (nSPS) is 20.7. The molecule has 0 aliphatic carbocycles. The van der Waals surface area contributed by atoms with E-state index < -0.39 is 38.9 Å². The Balaban J connectivity index is 1.96. The molecule has 0 fully saturated rings. The fourth-order valence-corrected chi connectivity index (χ4v) is 6.13. The van der Waals surface area contributed by atoms with Crippen LogP contribution in [-0.2, 0) is 19.4 Å². The Morgan fingerprint density at radius 2 is 1.50 bits per heavy atom. The number of aliphatic hydroxyl groups is 1. The molecule has 0 radical (unpaired) electrons. The van der Waals surface area contributed by atoms with Crippen LogP contribution < -0.4 is 5.32 Å². The first kappa shape index (κ1) is 24.0. The zero-order valence-corrected chi connectivity index (χ0v) is 20.0. The monoisotopic (exact) mass is 497 g/mol. The van der Waals surface area contributed by atoms with Crippen molar-refractivity contribution in [2.45, 2.75) is 29.2 Å². The maximum absolute atomic E-state index is 13.8. The first-order valence-corrected chi connectivity index (χ1v) is 12.7. The number of nitrogens with one attached hydrogen (secondary N) is 1. The van der Waals surface area contributed by atoms with E-state index in [1.54, 1.807) is 43.3 Å². The molecule has 0 saturated carbocycles. The van der Waals surface area contributed by atoms with Crippen molar-refractivity contribution in [2.75, 3.05) is 6.61 Å². The third-order valence-corrected chi connectivity index (χ3v) is 8.09. The van der Waals surface area contributed by atoms with Gasteiger partial charge >= 0.3 is 5.97 Å². The second-order valence-electron chi connectivity index (χ2n) is 7.84. The molecule has 34 heavy (non-hydrogen) atoms. The Labute approximate surface area is 203 Å². The van der Waals surface area contributed by atoms with Crippen LogP contribution in [0, 0.1) is 0 Å². The smallest absolute Gasteiger partial charge is 0.339 e. The molecule has 0 bridgehead atoms. The van der Waals surface area contributed by atoms with Crippen molar-refractivity contribution in [2.24, 2.45) is 0 Å². The van der Waals surface area contributed by atoms with E-state index in [-0.39, 0.29) is 17.1 Å². The number of carbonyl (C=O) groups excluding carboxylic acids is 1. The predicted octanol–water partition coefficient (Wildman–Crippen LogP) is 4.94. The summed E-state index contributed by atoms with van der Waals surface area (Å²) >= 11 is 5.96. The lowest BCUT2D eigenvalue weighted by Crippen LogP contribution is -2.47. The molecule has 6 nitrogen and oxygen atoms in total. The number of hydrogen-bond acceptors (Lipinski definition) is 6. The van der Waals surface area contributed by atoms with Crippen molar-refractivity contribution in [1.82, 2.24) is 5.32 Å². The number of benzene rings is 3. The fourth-order valence-electron chi connectivity index (χ4n) is 4.18. The van der Waals surface area contributed by atoms with Crippen molar-refractivity contribution >= 4 is 27.4 Å². The van der Waals surface area contributed by atoms with E-state index >= 15 is 0 Å². The van der Waals surface area contributed by atoms with Gasteiger partial charge in [-0.25, -0.2) is 13.2 Å². The zero-order chi connectivity index (χ0) is 24.3. The highest BCUT2D eigenvalue weighted by Gasteiger charge is 2.48. The van der Waals surface area contributed by atoms with Crippen molar-refractivity contribution in [1.29, 1.82) is 0 Å². The highest BCUT2D eigenvalue weighted by atomic mass is 35.5. The minimum absolute atomic E-state index is 0.0162. The average Bonchev–Trinajstić information content (AvgIpc) is 2.84. The number of halogens is 1. The molecule has 3 atom stereocenters. The summed E-state index contributed by atoms with van der Waals surface area (Å²) in [7, 11) is -4.15. The first-order chi connectivity index (χ1) is 16.3. The minimum atomic E-state index is -4.15. The molecule has 176 valence electrons. The minimum Gasteiger partial charge on any atom is -0.510 e.